The van der Waals surface area contributed by atoms with Gasteiger partial charge in [-0.15, -0.1) is 0 Å². The van der Waals surface area contributed by atoms with E-state index >= 15 is 0 Å². The topological polar surface area (TPSA) is 89.8 Å². The Morgan fingerprint density at radius 1 is 1.43 bits per heavy atom. The summed E-state index contributed by atoms with van der Waals surface area (Å²) in [5.74, 6) is -0.943. The Balaban J connectivity index is 2.26. The fourth-order valence-electron chi connectivity index (χ4n) is 1.89. The van der Waals surface area contributed by atoms with Gasteiger partial charge >= 0.3 is 13.1 Å². The van der Waals surface area contributed by atoms with Crippen LogP contribution in [-0.2, 0) is 4.79 Å². The minimum atomic E-state index is -1.27. The van der Waals surface area contributed by atoms with Crippen LogP contribution in [0.5, 0.6) is 0 Å². The van der Waals surface area contributed by atoms with Crippen molar-refractivity contribution in [3.63, 3.8) is 0 Å². The van der Waals surface area contributed by atoms with Gasteiger partial charge in [-0.2, -0.15) is 0 Å². The number of carboxylic acids is 1. The summed E-state index contributed by atoms with van der Waals surface area (Å²) in [4.78, 5) is 10.8. The number of carbonyl (C=O) groups is 1. The second kappa shape index (κ2) is 5.33. The van der Waals surface area contributed by atoms with Crippen molar-refractivity contribution in [1.29, 1.82) is 0 Å². The average molecular weight is 201 g/mol. The van der Waals surface area contributed by atoms with Crippen molar-refractivity contribution in [3.05, 3.63) is 0 Å². The number of aliphatic carboxylic acids is 1. The highest BCUT2D eigenvalue weighted by atomic mass is 16.4. The summed E-state index contributed by atoms with van der Waals surface area (Å²) in [5, 5.41) is 29.1. The molecule has 0 aliphatic carbocycles. The van der Waals surface area contributed by atoms with Gasteiger partial charge < -0.3 is 20.5 Å². The standard InChI is InChI=1S/C8H16BNO4/c11-8(12)7-5-10-4-6(7)2-1-3-9(13)14/h6-7,10,13-14H,1-5H2,(H,11,12). The van der Waals surface area contributed by atoms with Crippen LogP contribution >= 0.6 is 0 Å². The number of rotatable bonds is 5. The first-order valence-corrected chi connectivity index (χ1v) is 4.91. The van der Waals surface area contributed by atoms with Gasteiger partial charge in [0.15, 0.2) is 0 Å². The van der Waals surface area contributed by atoms with Crippen molar-refractivity contribution in [3.8, 4) is 0 Å². The van der Waals surface area contributed by atoms with Crippen molar-refractivity contribution in [2.24, 2.45) is 11.8 Å². The first-order chi connectivity index (χ1) is 6.61. The van der Waals surface area contributed by atoms with E-state index in [1.54, 1.807) is 0 Å². The van der Waals surface area contributed by atoms with Crippen LogP contribution in [0.4, 0.5) is 0 Å². The minimum absolute atomic E-state index is 0.131. The molecule has 4 N–H and O–H groups in total. The minimum Gasteiger partial charge on any atom is -0.481 e. The summed E-state index contributed by atoms with van der Waals surface area (Å²) < 4.78 is 0. The summed E-state index contributed by atoms with van der Waals surface area (Å²) in [7, 11) is -1.27. The van der Waals surface area contributed by atoms with Crippen molar-refractivity contribution < 1.29 is 19.9 Å². The molecule has 5 nitrogen and oxygen atoms in total. The normalized spacial score (nSPS) is 26.4. The van der Waals surface area contributed by atoms with E-state index in [-0.39, 0.29) is 11.8 Å². The molecule has 1 heterocycles. The third-order valence-corrected chi connectivity index (χ3v) is 2.69. The molecule has 0 spiro atoms. The van der Waals surface area contributed by atoms with Crippen molar-refractivity contribution in [1.82, 2.24) is 5.32 Å². The highest BCUT2D eigenvalue weighted by molar-refractivity contribution is 6.40. The third-order valence-electron chi connectivity index (χ3n) is 2.69. The summed E-state index contributed by atoms with van der Waals surface area (Å²) in [5.41, 5.74) is 0. The second-order valence-corrected chi connectivity index (χ2v) is 3.77. The average Bonchev–Trinajstić information content (AvgIpc) is 2.51. The molecule has 0 amide bonds. The molecule has 0 aromatic rings. The van der Waals surface area contributed by atoms with E-state index < -0.39 is 13.1 Å². The Kier molecular flexibility index (Phi) is 4.38. The van der Waals surface area contributed by atoms with Gasteiger partial charge in [-0.3, -0.25) is 4.79 Å². The molecule has 2 unspecified atom stereocenters. The van der Waals surface area contributed by atoms with Gasteiger partial charge in [0.1, 0.15) is 0 Å². The SMILES string of the molecule is O=C(O)C1CNCC1CCCB(O)O. The molecule has 0 radical (unpaired) electrons. The summed E-state index contributed by atoms with van der Waals surface area (Å²) in [6.07, 6.45) is 1.72. The lowest BCUT2D eigenvalue weighted by Crippen LogP contribution is -2.22. The van der Waals surface area contributed by atoms with E-state index in [1.165, 1.54) is 0 Å². The highest BCUT2D eigenvalue weighted by Crippen LogP contribution is 2.22. The zero-order valence-corrected chi connectivity index (χ0v) is 8.02. The molecule has 0 saturated carbocycles. The van der Waals surface area contributed by atoms with Crippen LogP contribution in [0.3, 0.4) is 0 Å². The van der Waals surface area contributed by atoms with E-state index in [0.29, 0.717) is 19.3 Å². The van der Waals surface area contributed by atoms with Gasteiger partial charge in [0.2, 0.25) is 0 Å². The Morgan fingerprint density at radius 2 is 2.14 bits per heavy atom. The van der Waals surface area contributed by atoms with E-state index in [2.05, 4.69) is 5.32 Å². The summed E-state index contributed by atoms with van der Waals surface area (Å²) >= 11 is 0. The van der Waals surface area contributed by atoms with Gasteiger partial charge in [-0.05, 0) is 25.2 Å². The Bertz CT molecular complexity index is 200. The first kappa shape index (κ1) is 11.5. The second-order valence-electron chi connectivity index (χ2n) is 3.77. The maximum absolute atomic E-state index is 10.8. The summed E-state index contributed by atoms with van der Waals surface area (Å²) in [6.45, 7) is 1.25. The molecule has 1 fully saturated rings. The fraction of sp³-hybridized carbons (Fsp3) is 0.875. The predicted molar refractivity (Wildman–Crippen MR) is 51.7 cm³/mol. The van der Waals surface area contributed by atoms with Crippen molar-refractivity contribution in [2.45, 2.75) is 19.2 Å². The maximum Gasteiger partial charge on any atom is 0.451 e. The van der Waals surface area contributed by atoms with Gasteiger partial charge in [0.05, 0.1) is 5.92 Å². The Labute approximate surface area is 83.3 Å². The molecular weight excluding hydrogens is 185 g/mol. The fourth-order valence-corrected chi connectivity index (χ4v) is 1.89. The first-order valence-electron chi connectivity index (χ1n) is 4.91. The number of hydrogen-bond donors (Lipinski definition) is 4. The van der Waals surface area contributed by atoms with Crippen LogP contribution in [-0.4, -0.2) is 41.3 Å². The maximum atomic E-state index is 10.8. The van der Waals surface area contributed by atoms with Crippen LogP contribution in [0.15, 0.2) is 0 Å². The largest absolute Gasteiger partial charge is 0.481 e. The molecular formula is C8H16BNO4. The van der Waals surface area contributed by atoms with E-state index in [4.69, 9.17) is 15.2 Å². The van der Waals surface area contributed by atoms with Crippen LogP contribution in [0.1, 0.15) is 12.8 Å². The predicted octanol–water partition coefficient (Wildman–Crippen LogP) is -0.840. The van der Waals surface area contributed by atoms with Crippen LogP contribution < -0.4 is 5.32 Å². The van der Waals surface area contributed by atoms with Crippen LogP contribution in [0.25, 0.3) is 0 Å². The molecule has 1 rings (SSSR count). The lowest BCUT2D eigenvalue weighted by molar-refractivity contribution is -0.142. The van der Waals surface area contributed by atoms with Crippen molar-refractivity contribution in [2.75, 3.05) is 13.1 Å². The van der Waals surface area contributed by atoms with Crippen molar-refractivity contribution >= 4 is 13.1 Å². The zero-order valence-electron chi connectivity index (χ0n) is 8.02. The van der Waals surface area contributed by atoms with E-state index in [9.17, 15) is 4.79 Å². The molecule has 6 heteroatoms. The molecule has 1 saturated heterocycles. The van der Waals surface area contributed by atoms with Gasteiger partial charge in [0.25, 0.3) is 0 Å². The Morgan fingerprint density at radius 3 is 2.71 bits per heavy atom. The molecule has 1 aliphatic rings. The molecule has 80 valence electrons. The highest BCUT2D eigenvalue weighted by Gasteiger charge is 2.32. The summed E-state index contributed by atoms with van der Waals surface area (Å²) in [6, 6.07) is 0. The molecule has 0 bridgehead atoms. The number of hydrogen-bond acceptors (Lipinski definition) is 4. The monoisotopic (exact) mass is 201 g/mol. The zero-order chi connectivity index (χ0) is 10.6. The molecule has 14 heavy (non-hydrogen) atoms. The molecule has 1 aliphatic heterocycles. The molecule has 2 atom stereocenters. The van der Waals surface area contributed by atoms with E-state index in [0.717, 1.165) is 13.0 Å². The van der Waals surface area contributed by atoms with Crippen LogP contribution in [0, 0.1) is 11.8 Å². The van der Waals surface area contributed by atoms with Gasteiger partial charge in [-0.25, -0.2) is 0 Å². The van der Waals surface area contributed by atoms with Gasteiger partial charge in [0, 0.05) is 6.54 Å². The number of nitrogens with one attached hydrogen (secondary N) is 1. The quantitative estimate of drug-likeness (QED) is 0.435. The number of carboxylic acid groups (broad SMARTS) is 1. The lowest BCUT2D eigenvalue weighted by atomic mass is 9.80. The van der Waals surface area contributed by atoms with E-state index in [1.807, 2.05) is 0 Å². The lowest BCUT2D eigenvalue weighted by Gasteiger charge is -2.13. The smallest absolute Gasteiger partial charge is 0.451 e. The molecule has 0 aromatic carbocycles. The Hall–Kier alpha value is -0.585. The molecule has 0 aromatic heterocycles. The van der Waals surface area contributed by atoms with Gasteiger partial charge in [-0.1, -0.05) is 6.42 Å². The van der Waals surface area contributed by atoms with Crippen LogP contribution in [0.2, 0.25) is 6.32 Å². The third kappa shape index (κ3) is 3.28.